The van der Waals surface area contributed by atoms with E-state index in [0.717, 1.165) is 12.1 Å². The van der Waals surface area contributed by atoms with Crippen LogP contribution in [0.15, 0.2) is 18.2 Å². The van der Waals surface area contributed by atoms with Crippen LogP contribution in [0.1, 0.15) is 18.1 Å². The van der Waals surface area contributed by atoms with Gasteiger partial charge in [0.25, 0.3) is 0 Å². The molecule has 0 bridgehead atoms. The number of aliphatic hydroxyl groups excluding tert-OH is 1. The number of anilines is 1. The van der Waals surface area contributed by atoms with Crippen molar-refractivity contribution in [2.75, 3.05) is 17.7 Å². The highest BCUT2D eigenvalue weighted by molar-refractivity contribution is 6.18. The third kappa shape index (κ3) is 3.40. The van der Waals surface area contributed by atoms with E-state index in [1.807, 2.05) is 0 Å². The number of hydrogen-bond donors (Lipinski definition) is 2. The number of alkyl halides is 1. The zero-order valence-electron chi connectivity index (χ0n) is 9.26. The van der Waals surface area contributed by atoms with Crippen LogP contribution < -0.4 is 5.32 Å². The molecule has 2 nitrogen and oxygen atoms in total. The summed E-state index contributed by atoms with van der Waals surface area (Å²) < 4.78 is 0. The Hall–Kier alpha value is -0.730. The van der Waals surface area contributed by atoms with Crippen molar-refractivity contribution in [3.63, 3.8) is 0 Å². The van der Waals surface area contributed by atoms with E-state index in [2.05, 4.69) is 37.4 Å². The molecule has 0 saturated heterocycles. The van der Waals surface area contributed by atoms with E-state index in [4.69, 9.17) is 11.6 Å². The minimum atomic E-state index is -0.490. The second kappa shape index (κ2) is 5.99. The van der Waals surface area contributed by atoms with Gasteiger partial charge in [-0.3, -0.25) is 0 Å². The lowest BCUT2D eigenvalue weighted by molar-refractivity contribution is 0.211. The number of aryl methyl sites for hydroxylation is 2. The number of benzene rings is 1. The molecule has 0 aromatic heterocycles. The normalized spacial score (nSPS) is 12.5. The predicted octanol–water partition coefficient (Wildman–Crippen LogP) is 2.57. The van der Waals surface area contributed by atoms with E-state index in [0.29, 0.717) is 6.54 Å². The number of para-hydroxylation sites is 1. The quantitative estimate of drug-likeness (QED) is 0.758. The van der Waals surface area contributed by atoms with Crippen LogP contribution in [0.3, 0.4) is 0 Å². The molecule has 15 heavy (non-hydrogen) atoms. The summed E-state index contributed by atoms with van der Waals surface area (Å²) in [7, 11) is 0. The summed E-state index contributed by atoms with van der Waals surface area (Å²) in [6, 6.07) is 6.22. The van der Waals surface area contributed by atoms with Crippen molar-refractivity contribution in [1.82, 2.24) is 0 Å². The number of nitrogens with one attached hydrogen (secondary N) is 1. The Morgan fingerprint density at radius 2 is 2.20 bits per heavy atom. The third-order valence-corrected chi connectivity index (χ3v) is 2.79. The van der Waals surface area contributed by atoms with Gasteiger partial charge < -0.3 is 10.4 Å². The van der Waals surface area contributed by atoms with Gasteiger partial charge in [0.2, 0.25) is 0 Å². The molecule has 1 aromatic rings. The molecule has 84 valence electrons. The van der Waals surface area contributed by atoms with E-state index < -0.39 is 6.10 Å². The van der Waals surface area contributed by atoms with E-state index >= 15 is 0 Å². The maximum absolute atomic E-state index is 9.38. The molecule has 1 unspecified atom stereocenters. The van der Waals surface area contributed by atoms with Gasteiger partial charge in [0, 0.05) is 12.2 Å². The fourth-order valence-electron chi connectivity index (χ4n) is 1.55. The van der Waals surface area contributed by atoms with Crippen LogP contribution in [0.2, 0.25) is 0 Å². The molecule has 0 saturated carbocycles. The topological polar surface area (TPSA) is 32.3 Å². The average Bonchev–Trinajstić information content (AvgIpc) is 2.26. The Bertz CT molecular complexity index is 314. The lowest BCUT2D eigenvalue weighted by atomic mass is 10.1. The van der Waals surface area contributed by atoms with Crippen molar-refractivity contribution >= 4 is 17.3 Å². The van der Waals surface area contributed by atoms with Crippen LogP contribution >= 0.6 is 11.6 Å². The molecule has 0 spiro atoms. The van der Waals surface area contributed by atoms with Crippen molar-refractivity contribution in [1.29, 1.82) is 0 Å². The van der Waals surface area contributed by atoms with Gasteiger partial charge in [-0.05, 0) is 24.5 Å². The van der Waals surface area contributed by atoms with Crippen LogP contribution in [0.4, 0.5) is 5.69 Å². The maximum atomic E-state index is 9.38. The average molecular weight is 228 g/mol. The molecule has 0 heterocycles. The summed E-state index contributed by atoms with van der Waals surface area (Å²) in [6.45, 7) is 4.69. The van der Waals surface area contributed by atoms with E-state index in [1.54, 1.807) is 0 Å². The largest absolute Gasteiger partial charge is 0.390 e. The van der Waals surface area contributed by atoms with Crippen LogP contribution in [-0.4, -0.2) is 23.6 Å². The second-order valence-electron chi connectivity index (χ2n) is 3.65. The minimum absolute atomic E-state index is 0.264. The number of hydrogen-bond acceptors (Lipinski definition) is 2. The highest BCUT2D eigenvalue weighted by atomic mass is 35.5. The highest BCUT2D eigenvalue weighted by Gasteiger charge is 2.06. The summed E-state index contributed by atoms with van der Waals surface area (Å²) in [5, 5.41) is 12.6. The summed E-state index contributed by atoms with van der Waals surface area (Å²) >= 11 is 5.54. The van der Waals surface area contributed by atoms with Crippen LogP contribution in [0.5, 0.6) is 0 Å². The van der Waals surface area contributed by atoms with Gasteiger partial charge in [-0.25, -0.2) is 0 Å². The minimum Gasteiger partial charge on any atom is -0.390 e. The first-order valence-electron chi connectivity index (χ1n) is 5.25. The van der Waals surface area contributed by atoms with Gasteiger partial charge in [-0.1, -0.05) is 25.1 Å². The molecule has 3 heteroatoms. The zero-order valence-corrected chi connectivity index (χ0v) is 10.0. The van der Waals surface area contributed by atoms with Gasteiger partial charge in [-0.2, -0.15) is 0 Å². The standard InChI is InChI=1S/C12H18ClNO/c1-3-10-6-4-5-9(2)12(10)14-8-11(15)7-13/h4-6,11,14-15H,3,7-8H2,1-2H3. The zero-order chi connectivity index (χ0) is 11.3. The molecule has 0 radical (unpaired) electrons. The molecule has 0 amide bonds. The molecule has 0 fully saturated rings. The van der Waals surface area contributed by atoms with E-state index in [9.17, 15) is 5.11 Å². The Kier molecular flexibility index (Phi) is 4.92. The fourth-order valence-corrected chi connectivity index (χ4v) is 1.66. The summed E-state index contributed by atoms with van der Waals surface area (Å²) in [5.74, 6) is 0.264. The number of aliphatic hydroxyl groups is 1. The van der Waals surface area contributed by atoms with Gasteiger partial charge in [0.15, 0.2) is 0 Å². The SMILES string of the molecule is CCc1cccc(C)c1NCC(O)CCl. The van der Waals surface area contributed by atoms with Crippen LogP contribution in [0.25, 0.3) is 0 Å². The van der Waals surface area contributed by atoms with Crippen molar-refractivity contribution in [3.05, 3.63) is 29.3 Å². The van der Waals surface area contributed by atoms with Crippen LogP contribution in [-0.2, 0) is 6.42 Å². The van der Waals surface area contributed by atoms with Gasteiger partial charge >= 0.3 is 0 Å². The Morgan fingerprint density at radius 1 is 1.47 bits per heavy atom. The monoisotopic (exact) mass is 227 g/mol. The summed E-state index contributed by atoms with van der Waals surface area (Å²) in [6.07, 6.45) is 0.497. The lowest BCUT2D eigenvalue weighted by Gasteiger charge is -2.15. The van der Waals surface area contributed by atoms with E-state index in [-0.39, 0.29) is 5.88 Å². The summed E-state index contributed by atoms with van der Waals surface area (Å²) in [5.41, 5.74) is 3.61. The third-order valence-electron chi connectivity index (χ3n) is 2.43. The molecule has 0 aliphatic carbocycles. The maximum Gasteiger partial charge on any atom is 0.0847 e. The molecular weight excluding hydrogens is 210 g/mol. The molecular formula is C12H18ClNO. The molecule has 2 N–H and O–H groups in total. The molecule has 0 aliphatic heterocycles. The Balaban J connectivity index is 2.74. The predicted molar refractivity (Wildman–Crippen MR) is 65.8 cm³/mol. The van der Waals surface area contributed by atoms with Gasteiger partial charge in [0.1, 0.15) is 0 Å². The van der Waals surface area contributed by atoms with E-state index in [1.165, 1.54) is 11.1 Å². The molecule has 1 rings (SSSR count). The first kappa shape index (κ1) is 12.3. The van der Waals surface area contributed by atoms with Crippen molar-refractivity contribution < 1.29 is 5.11 Å². The van der Waals surface area contributed by atoms with Gasteiger partial charge in [-0.15, -0.1) is 11.6 Å². The van der Waals surface area contributed by atoms with Crippen molar-refractivity contribution in [2.24, 2.45) is 0 Å². The number of rotatable bonds is 5. The Labute approximate surface area is 96.3 Å². The smallest absolute Gasteiger partial charge is 0.0847 e. The molecule has 0 aliphatic rings. The lowest BCUT2D eigenvalue weighted by Crippen LogP contribution is -2.21. The van der Waals surface area contributed by atoms with Crippen molar-refractivity contribution in [3.8, 4) is 0 Å². The summed E-state index contributed by atoms with van der Waals surface area (Å²) in [4.78, 5) is 0. The van der Waals surface area contributed by atoms with Crippen molar-refractivity contribution in [2.45, 2.75) is 26.4 Å². The second-order valence-corrected chi connectivity index (χ2v) is 3.96. The first-order chi connectivity index (χ1) is 7.19. The molecule has 1 atom stereocenters. The first-order valence-corrected chi connectivity index (χ1v) is 5.78. The van der Waals surface area contributed by atoms with Gasteiger partial charge in [0.05, 0.1) is 12.0 Å². The number of halogens is 1. The Morgan fingerprint density at radius 3 is 2.80 bits per heavy atom. The molecule has 1 aromatic carbocycles. The van der Waals surface area contributed by atoms with Crippen LogP contribution in [0, 0.1) is 6.92 Å². The highest BCUT2D eigenvalue weighted by Crippen LogP contribution is 2.20. The fraction of sp³-hybridized carbons (Fsp3) is 0.500.